The number of rotatable bonds is 4. The van der Waals surface area contributed by atoms with Crippen LogP contribution < -0.4 is 20.3 Å². The predicted octanol–water partition coefficient (Wildman–Crippen LogP) is 2.83. The first-order valence-electron chi connectivity index (χ1n) is 10.3. The summed E-state index contributed by atoms with van der Waals surface area (Å²) < 4.78 is 46.1. The third-order valence-corrected chi connectivity index (χ3v) is 5.38. The molecule has 1 aliphatic rings. The molecule has 176 valence electrons. The molecular weight excluding hydrogens is 439 g/mol. The molecule has 1 saturated heterocycles. The smallest absolute Gasteiger partial charge is 0.437 e. The standard InChI is InChI=1S/C21H24F3N7O2/c1-11-8-31(9-12(2)26-11)16-6-5-13(17-14(16)7-25-20(28-17)33-4)19(32)27-15-10-30(3)29-18(15)21(22,23)24/h5-7,10-12,26H,8-9H2,1-4H3,(H,27,32)/t11-,12-/m0/s1. The van der Waals surface area contributed by atoms with E-state index < -0.39 is 23.5 Å². The molecule has 1 aromatic carbocycles. The molecule has 9 nitrogen and oxygen atoms in total. The number of amides is 1. The van der Waals surface area contributed by atoms with Crippen LogP contribution >= 0.6 is 0 Å². The predicted molar refractivity (Wildman–Crippen MR) is 117 cm³/mol. The highest BCUT2D eigenvalue weighted by Gasteiger charge is 2.38. The number of carbonyl (C=O) groups is 1. The fraction of sp³-hybridized carbons (Fsp3) is 0.429. The van der Waals surface area contributed by atoms with Crippen molar-refractivity contribution in [2.75, 3.05) is 30.4 Å². The number of carbonyl (C=O) groups excluding carboxylic acids is 1. The Bertz CT molecular complexity index is 1180. The van der Waals surface area contributed by atoms with Crippen LogP contribution in [0.5, 0.6) is 6.01 Å². The van der Waals surface area contributed by atoms with Crippen LogP contribution in [0.15, 0.2) is 24.5 Å². The van der Waals surface area contributed by atoms with Gasteiger partial charge in [-0.05, 0) is 26.0 Å². The molecule has 12 heteroatoms. The van der Waals surface area contributed by atoms with Gasteiger partial charge >= 0.3 is 12.2 Å². The van der Waals surface area contributed by atoms with Gasteiger partial charge in [-0.3, -0.25) is 9.48 Å². The summed E-state index contributed by atoms with van der Waals surface area (Å²) in [5.74, 6) is -0.743. The molecule has 4 rings (SSSR count). The Labute approximate surface area is 187 Å². The molecule has 0 spiro atoms. The first-order valence-corrected chi connectivity index (χ1v) is 10.3. The number of alkyl halides is 3. The average Bonchev–Trinajstić information content (AvgIpc) is 3.12. The van der Waals surface area contributed by atoms with Crippen molar-refractivity contribution in [3.05, 3.63) is 35.8 Å². The number of anilines is 2. The lowest BCUT2D eigenvalue weighted by atomic mass is 10.0. The Hall–Kier alpha value is -3.41. The van der Waals surface area contributed by atoms with E-state index in [9.17, 15) is 18.0 Å². The van der Waals surface area contributed by atoms with Crippen molar-refractivity contribution in [1.82, 2.24) is 25.1 Å². The van der Waals surface area contributed by atoms with E-state index in [1.54, 1.807) is 18.3 Å². The third kappa shape index (κ3) is 4.56. The van der Waals surface area contributed by atoms with E-state index >= 15 is 0 Å². The second-order valence-electron chi connectivity index (χ2n) is 8.14. The molecule has 0 radical (unpaired) electrons. The fourth-order valence-electron chi connectivity index (χ4n) is 4.15. The average molecular weight is 463 g/mol. The van der Waals surface area contributed by atoms with Gasteiger partial charge in [-0.25, -0.2) is 4.98 Å². The van der Waals surface area contributed by atoms with Gasteiger partial charge in [-0.2, -0.15) is 23.3 Å². The van der Waals surface area contributed by atoms with E-state index in [1.807, 2.05) is 0 Å². The second kappa shape index (κ2) is 8.50. The SMILES string of the molecule is COc1ncc2c(N3C[C@H](C)N[C@@H](C)C3)ccc(C(=O)Nc3cn(C)nc3C(F)(F)F)c2n1. The first kappa shape index (κ1) is 22.8. The Morgan fingerprint density at radius 1 is 1.24 bits per heavy atom. The number of benzene rings is 1. The van der Waals surface area contributed by atoms with Crippen LogP contribution in [0, 0.1) is 0 Å². The van der Waals surface area contributed by atoms with Gasteiger partial charge in [0.1, 0.15) is 0 Å². The normalized spacial score (nSPS) is 19.1. The van der Waals surface area contributed by atoms with Crippen LogP contribution in [0.4, 0.5) is 24.5 Å². The third-order valence-electron chi connectivity index (χ3n) is 5.38. The number of aromatic nitrogens is 4. The monoisotopic (exact) mass is 463 g/mol. The molecule has 0 aliphatic carbocycles. The van der Waals surface area contributed by atoms with E-state index in [-0.39, 0.29) is 29.2 Å². The van der Waals surface area contributed by atoms with Crippen LogP contribution in [0.1, 0.15) is 29.9 Å². The minimum atomic E-state index is -4.71. The van der Waals surface area contributed by atoms with Gasteiger partial charge in [0.15, 0.2) is 5.69 Å². The Morgan fingerprint density at radius 3 is 2.58 bits per heavy atom. The summed E-state index contributed by atoms with van der Waals surface area (Å²) >= 11 is 0. The topological polar surface area (TPSA) is 97.2 Å². The van der Waals surface area contributed by atoms with Gasteiger partial charge in [0, 0.05) is 55.7 Å². The van der Waals surface area contributed by atoms with Gasteiger partial charge in [-0.15, -0.1) is 0 Å². The molecule has 0 bridgehead atoms. The number of nitrogens with one attached hydrogen (secondary N) is 2. The maximum Gasteiger partial charge on any atom is 0.437 e. The van der Waals surface area contributed by atoms with Gasteiger partial charge < -0.3 is 20.3 Å². The summed E-state index contributed by atoms with van der Waals surface area (Å²) in [7, 11) is 2.75. The van der Waals surface area contributed by atoms with Crippen molar-refractivity contribution in [1.29, 1.82) is 0 Å². The summed E-state index contributed by atoms with van der Waals surface area (Å²) in [6, 6.07) is 3.87. The van der Waals surface area contributed by atoms with E-state index in [1.165, 1.54) is 14.2 Å². The van der Waals surface area contributed by atoms with Gasteiger partial charge in [-0.1, -0.05) is 0 Å². The molecule has 1 aliphatic heterocycles. The molecule has 2 aromatic heterocycles. The summed E-state index contributed by atoms with van der Waals surface area (Å²) in [5, 5.41) is 9.82. The number of methoxy groups -OCH3 is 1. The molecule has 3 aromatic rings. The molecule has 2 atom stereocenters. The number of hydrogen-bond donors (Lipinski definition) is 2. The van der Waals surface area contributed by atoms with Crippen LogP contribution in [0.3, 0.4) is 0 Å². The molecule has 1 fully saturated rings. The van der Waals surface area contributed by atoms with Crippen molar-refractivity contribution in [2.45, 2.75) is 32.1 Å². The van der Waals surface area contributed by atoms with Gasteiger partial charge in [0.2, 0.25) is 0 Å². The van der Waals surface area contributed by atoms with Gasteiger partial charge in [0.05, 0.1) is 23.9 Å². The first-order chi connectivity index (χ1) is 15.6. The molecular formula is C21H24F3N7O2. The van der Waals surface area contributed by atoms with Crippen molar-refractivity contribution < 1.29 is 22.7 Å². The largest absolute Gasteiger partial charge is 0.467 e. The molecule has 1 amide bonds. The van der Waals surface area contributed by atoms with Crippen LogP contribution in [-0.4, -0.2) is 57.9 Å². The number of ether oxygens (including phenoxy) is 1. The van der Waals surface area contributed by atoms with E-state index in [0.717, 1.165) is 29.7 Å². The van der Waals surface area contributed by atoms with Crippen LogP contribution in [0.25, 0.3) is 10.9 Å². The summed E-state index contributed by atoms with van der Waals surface area (Å²) in [6.07, 6.45) is -2.04. The molecule has 0 saturated carbocycles. The van der Waals surface area contributed by atoms with E-state index in [4.69, 9.17) is 4.74 Å². The van der Waals surface area contributed by atoms with Crippen LogP contribution in [0.2, 0.25) is 0 Å². The highest BCUT2D eigenvalue weighted by atomic mass is 19.4. The lowest BCUT2D eigenvalue weighted by molar-refractivity contribution is -0.140. The maximum atomic E-state index is 13.3. The number of nitrogens with zero attached hydrogens (tertiary/aromatic N) is 5. The Balaban J connectivity index is 1.76. The molecule has 0 unspecified atom stereocenters. The number of piperazine rings is 1. The number of aryl methyl sites for hydroxylation is 1. The lowest BCUT2D eigenvalue weighted by Gasteiger charge is -2.38. The minimum absolute atomic E-state index is 0.0492. The number of halogens is 3. The second-order valence-corrected chi connectivity index (χ2v) is 8.14. The zero-order valence-corrected chi connectivity index (χ0v) is 18.6. The zero-order chi connectivity index (χ0) is 23.9. The number of fused-ring (bicyclic) bond motifs is 1. The van der Waals surface area contributed by atoms with Crippen molar-refractivity contribution >= 4 is 28.2 Å². The van der Waals surface area contributed by atoms with Crippen molar-refractivity contribution in [3.63, 3.8) is 0 Å². The molecule has 3 heterocycles. The lowest BCUT2D eigenvalue weighted by Crippen LogP contribution is -2.54. The van der Waals surface area contributed by atoms with Crippen molar-refractivity contribution in [3.8, 4) is 6.01 Å². The summed E-state index contributed by atoms with van der Waals surface area (Å²) in [5.41, 5.74) is -0.383. The fourth-order valence-corrected chi connectivity index (χ4v) is 4.15. The Kier molecular flexibility index (Phi) is 5.87. The van der Waals surface area contributed by atoms with E-state index in [0.29, 0.717) is 5.39 Å². The summed E-state index contributed by atoms with van der Waals surface area (Å²) in [4.78, 5) is 23.8. The zero-order valence-electron chi connectivity index (χ0n) is 18.6. The van der Waals surface area contributed by atoms with Crippen molar-refractivity contribution in [2.24, 2.45) is 7.05 Å². The Morgan fingerprint density at radius 2 is 1.94 bits per heavy atom. The highest BCUT2D eigenvalue weighted by molar-refractivity contribution is 6.14. The molecule has 33 heavy (non-hydrogen) atoms. The van der Waals surface area contributed by atoms with Crippen LogP contribution in [-0.2, 0) is 13.2 Å². The van der Waals surface area contributed by atoms with Gasteiger partial charge in [0.25, 0.3) is 5.91 Å². The summed E-state index contributed by atoms with van der Waals surface area (Å²) in [6.45, 7) is 5.64. The van der Waals surface area contributed by atoms with E-state index in [2.05, 4.69) is 44.4 Å². The maximum absolute atomic E-state index is 13.3. The molecule has 2 N–H and O–H groups in total. The number of hydrogen-bond acceptors (Lipinski definition) is 7. The highest BCUT2D eigenvalue weighted by Crippen LogP contribution is 2.35. The minimum Gasteiger partial charge on any atom is -0.467 e. The quantitative estimate of drug-likeness (QED) is 0.614.